The van der Waals surface area contributed by atoms with Gasteiger partial charge in [0, 0.05) is 44.5 Å². The number of hydrogen-bond donors (Lipinski definition) is 0. The van der Waals surface area contributed by atoms with Gasteiger partial charge in [-0.1, -0.05) is 0 Å². The molecule has 0 amide bonds. The first-order valence-electron chi connectivity index (χ1n) is 5.35. The Morgan fingerprint density at radius 1 is 1.22 bits per heavy atom. The Hall–Kier alpha value is -0.700. The van der Waals surface area contributed by atoms with Crippen LogP contribution in [0.5, 0.6) is 0 Å². The third kappa shape index (κ3) is 4.20. The average molecular weight is 298 g/mol. The summed E-state index contributed by atoms with van der Waals surface area (Å²) in [6, 6.07) is 0. The van der Waals surface area contributed by atoms with E-state index in [9.17, 15) is 8.42 Å². The molecule has 1 rings (SSSR count). The summed E-state index contributed by atoms with van der Waals surface area (Å²) in [6.07, 6.45) is 1.29. The van der Waals surface area contributed by atoms with Gasteiger partial charge in [-0.05, 0) is 6.42 Å². The average Bonchev–Trinajstić information content (AvgIpc) is 2.69. The SMILES string of the molecule is COCCCc1nnc(S(=O)(=O)Cl)n1CCOC. The third-order valence-electron chi connectivity index (χ3n) is 2.28. The predicted octanol–water partition coefficient (Wildman–Crippen LogP) is 0.431. The van der Waals surface area contributed by atoms with Gasteiger partial charge in [-0.25, -0.2) is 8.42 Å². The van der Waals surface area contributed by atoms with Crippen LogP contribution in [0.4, 0.5) is 0 Å². The highest BCUT2D eigenvalue weighted by Gasteiger charge is 2.22. The molecule has 0 radical (unpaired) electrons. The van der Waals surface area contributed by atoms with E-state index >= 15 is 0 Å². The number of rotatable bonds is 8. The Balaban J connectivity index is 2.92. The molecule has 104 valence electrons. The van der Waals surface area contributed by atoms with Crippen molar-refractivity contribution < 1.29 is 17.9 Å². The molecule has 0 aliphatic carbocycles. The second-order valence-electron chi connectivity index (χ2n) is 3.58. The fraction of sp³-hybridized carbons (Fsp3) is 0.778. The fourth-order valence-corrected chi connectivity index (χ4v) is 2.41. The molecular formula is C9H16ClN3O4S. The molecular weight excluding hydrogens is 282 g/mol. The maximum atomic E-state index is 11.3. The highest BCUT2D eigenvalue weighted by Crippen LogP contribution is 2.15. The van der Waals surface area contributed by atoms with Gasteiger partial charge in [-0.2, -0.15) is 0 Å². The molecule has 1 aromatic rings. The Morgan fingerprint density at radius 3 is 2.44 bits per heavy atom. The minimum absolute atomic E-state index is 0.242. The maximum Gasteiger partial charge on any atom is 0.296 e. The van der Waals surface area contributed by atoms with E-state index in [1.807, 2.05) is 0 Å². The number of hydrogen-bond acceptors (Lipinski definition) is 6. The van der Waals surface area contributed by atoms with Crippen LogP contribution in [0.2, 0.25) is 0 Å². The lowest BCUT2D eigenvalue weighted by molar-refractivity contribution is 0.181. The Bertz CT molecular complexity index is 474. The second kappa shape index (κ2) is 7.03. The van der Waals surface area contributed by atoms with Gasteiger partial charge in [0.1, 0.15) is 5.82 Å². The lowest BCUT2D eigenvalue weighted by Gasteiger charge is -2.07. The molecule has 0 saturated carbocycles. The van der Waals surface area contributed by atoms with E-state index in [2.05, 4.69) is 10.2 Å². The van der Waals surface area contributed by atoms with Crippen LogP contribution in [0.3, 0.4) is 0 Å². The van der Waals surface area contributed by atoms with Crippen molar-refractivity contribution in [1.29, 1.82) is 0 Å². The molecule has 7 nitrogen and oxygen atoms in total. The first-order chi connectivity index (χ1) is 8.50. The summed E-state index contributed by atoms with van der Waals surface area (Å²) < 4.78 is 34.0. The topological polar surface area (TPSA) is 83.3 Å². The smallest absolute Gasteiger partial charge is 0.296 e. The molecule has 0 unspecified atom stereocenters. The predicted molar refractivity (Wildman–Crippen MR) is 65.1 cm³/mol. The van der Waals surface area contributed by atoms with E-state index in [1.165, 1.54) is 11.7 Å². The van der Waals surface area contributed by atoms with Gasteiger partial charge in [0.15, 0.2) is 0 Å². The van der Waals surface area contributed by atoms with Crippen molar-refractivity contribution in [2.75, 3.05) is 27.4 Å². The molecule has 0 saturated heterocycles. The van der Waals surface area contributed by atoms with Gasteiger partial charge in [-0.3, -0.25) is 4.57 Å². The lowest BCUT2D eigenvalue weighted by atomic mass is 10.3. The highest BCUT2D eigenvalue weighted by molar-refractivity contribution is 8.13. The third-order valence-corrected chi connectivity index (χ3v) is 3.43. The number of methoxy groups -OCH3 is 2. The zero-order valence-electron chi connectivity index (χ0n) is 10.3. The van der Waals surface area contributed by atoms with Gasteiger partial charge in [0.05, 0.1) is 6.61 Å². The van der Waals surface area contributed by atoms with Crippen LogP contribution in [0.1, 0.15) is 12.2 Å². The van der Waals surface area contributed by atoms with E-state index in [-0.39, 0.29) is 5.16 Å². The first-order valence-corrected chi connectivity index (χ1v) is 7.66. The van der Waals surface area contributed by atoms with Crippen molar-refractivity contribution in [3.05, 3.63) is 5.82 Å². The minimum Gasteiger partial charge on any atom is -0.385 e. The first kappa shape index (κ1) is 15.4. The largest absolute Gasteiger partial charge is 0.385 e. The van der Waals surface area contributed by atoms with Crippen molar-refractivity contribution in [3.8, 4) is 0 Å². The van der Waals surface area contributed by atoms with Crippen LogP contribution in [0.25, 0.3) is 0 Å². The standard InChI is InChI=1S/C9H16ClN3O4S/c1-16-6-3-4-8-11-12-9(18(10,14)15)13(8)5-7-17-2/h3-7H2,1-2H3. The van der Waals surface area contributed by atoms with Crippen LogP contribution >= 0.6 is 10.7 Å². The van der Waals surface area contributed by atoms with Gasteiger partial charge in [-0.15, -0.1) is 10.2 Å². The van der Waals surface area contributed by atoms with Gasteiger partial charge < -0.3 is 9.47 Å². The summed E-state index contributed by atoms with van der Waals surface area (Å²) in [5.74, 6) is 0.559. The van der Waals surface area contributed by atoms with Gasteiger partial charge in [0.25, 0.3) is 14.2 Å². The van der Waals surface area contributed by atoms with Crippen LogP contribution in [0, 0.1) is 0 Å². The van der Waals surface area contributed by atoms with E-state index in [4.69, 9.17) is 20.2 Å². The van der Waals surface area contributed by atoms with Crippen LogP contribution < -0.4 is 0 Å². The molecule has 0 bridgehead atoms. The molecule has 0 atom stereocenters. The number of nitrogens with zero attached hydrogens (tertiary/aromatic N) is 3. The van der Waals surface area contributed by atoms with Crippen molar-refractivity contribution in [1.82, 2.24) is 14.8 Å². The van der Waals surface area contributed by atoms with Crippen LogP contribution in [-0.2, 0) is 31.5 Å². The summed E-state index contributed by atoms with van der Waals surface area (Å²) in [5.41, 5.74) is 0. The Labute approximate surface area is 110 Å². The molecule has 1 heterocycles. The van der Waals surface area contributed by atoms with Crippen molar-refractivity contribution in [3.63, 3.8) is 0 Å². The summed E-state index contributed by atoms with van der Waals surface area (Å²) in [6.45, 7) is 1.27. The minimum atomic E-state index is -3.90. The zero-order chi connectivity index (χ0) is 13.6. The van der Waals surface area contributed by atoms with Crippen molar-refractivity contribution >= 4 is 19.7 Å². The molecule has 18 heavy (non-hydrogen) atoms. The van der Waals surface area contributed by atoms with E-state index in [0.717, 1.165) is 6.42 Å². The molecule has 0 aliphatic heterocycles. The monoisotopic (exact) mass is 297 g/mol. The van der Waals surface area contributed by atoms with Gasteiger partial charge >= 0.3 is 0 Å². The number of aryl methyl sites for hydroxylation is 1. The summed E-state index contributed by atoms with van der Waals surface area (Å²) in [4.78, 5) is 0. The second-order valence-corrected chi connectivity index (χ2v) is 6.04. The summed E-state index contributed by atoms with van der Waals surface area (Å²) in [7, 11) is 4.53. The highest BCUT2D eigenvalue weighted by atomic mass is 35.7. The maximum absolute atomic E-state index is 11.3. The van der Waals surface area contributed by atoms with Crippen LogP contribution in [-0.4, -0.2) is 50.6 Å². The lowest BCUT2D eigenvalue weighted by Crippen LogP contribution is -2.13. The van der Waals surface area contributed by atoms with Gasteiger partial charge in [0.2, 0.25) is 0 Å². The number of halogens is 1. The summed E-state index contributed by atoms with van der Waals surface area (Å²) >= 11 is 0. The Morgan fingerprint density at radius 2 is 1.89 bits per heavy atom. The zero-order valence-corrected chi connectivity index (χ0v) is 11.9. The molecule has 1 aromatic heterocycles. The molecule has 0 aliphatic rings. The normalized spacial score (nSPS) is 11.9. The van der Waals surface area contributed by atoms with Crippen molar-refractivity contribution in [2.24, 2.45) is 0 Å². The fourth-order valence-electron chi connectivity index (χ4n) is 1.47. The molecule has 0 aromatic carbocycles. The summed E-state index contributed by atoms with van der Waals surface area (Å²) in [5, 5.41) is 7.22. The number of ether oxygens (including phenoxy) is 2. The van der Waals surface area contributed by atoms with E-state index in [0.29, 0.717) is 32.0 Å². The number of aromatic nitrogens is 3. The van der Waals surface area contributed by atoms with E-state index < -0.39 is 9.05 Å². The van der Waals surface area contributed by atoms with Crippen LogP contribution in [0.15, 0.2) is 5.16 Å². The van der Waals surface area contributed by atoms with E-state index in [1.54, 1.807) is 7.11 Å². The molecule has 0 N–H and O–H groups in total. The molecule has 0 spiro atoms. The Kier molecular flexibility index (Phi) is 6.00. The quantitative estimate of drug-likeness (QED) is 0.511. The molecule has 0 fully saturated rings. The molecule has 9 heteroatoms. The van der Waals surface area contributed by atoms with Crippen molar-refractivity contribution in [2.45, 2.75) is 24.5 Å².